The van der Waals surface area contributed by atoms with E-state index in [1.54, 1.807) is 36.5 Å². The fraction of sp³-hybridized carbons (Fsp3) is 0.310. The van der Waals surface area contributed by atoms with Crippen LogP contribution >= 0.6 is 0 Å². The molecule has 4 aromatic rings. The molecule has 1 N–H and O–H groups in total. The van der Waals surface area contributed by atoms with Gasteiger partial charge in [-0.25, -0.2) is 4.39 Å². The molecule has 200 valence electrons. The zero-order chi connectivity index (χ0) is 27.0. The summed E-state index contributed by atoms with van der Waals surface area (Å²) in [6.45, 7) is -0.167. The molecule has 1 atom stereocenters. The minimum atomic E-state index is -0.997. The molecule has 0 bridgehead atoms. The number of rotatable bonds is 9. The summed E-state index contributed by atoms with van der Waals surface area (Å²) in [4.78, 5) is 34.8. The summed E-state index contributed by atoms with van der Waals surface area (Å²) in [5.41, 5.74) is 1.89. The predicted octanol–water partition coefficient (Wildman–Crippen LogP) is 4.09. The van der Waals surface area contributed by atoms with Gasteiger partial charge >= 0.3 is 0 Å². The summed E-state index contributed by atoms with van der Waals surface area (Å²) >= 11 is 0. The van der Waals surface area contributed by atoms with Gasteiger partial charge in [-0.15, -0.1) is 10.2 Å². The molecule has 1 aliphatic rings. The van der Waals surface area contributed by atoms with E-state index in [1.165, 1.54) is 21.8 Å². The molecule has 2 amide bonds. The maximum absolute atomic E-state index is 13.9. The SMILES string of the molecule is O=C(NC1CCCCC1)[C@@H](c1ccccn1)N(Cc1ccc(F)cc1)C(=O)Cn1nnc(-c2ccccc2)n1. The summed E-state index contributed by atoms with van der Waals surface area (Å²) < 4.78 is 13.6. The van der Waals surface area contributed by atoms with Crippen LogP contribution in [0, 0.1) is 5.82 Å². The standard InChI is InChI=1S/C29H30FN7O2/c30-23-16-14-21(15-17-23)19-36(26(38)20-37-34-28(33-35-37)22-9-3-1-4-10-22)27(25-13-7-8-18-31-25)29(39)32-24-11-5-2-6-12-24/h1,3-4,7-10,13-18,24,27H,2,5-6,11-12,19-20H2,(H,32,39)/t27-/m1/s1. The summed E-state index contributed by atoms with van der Waals surface area (Å²) in [6.07, 6.45) is 6.66. The van der Waals surface area contributed by atoms with Crippen molar-refractivity contribution in [2.45, 2.75) is 57.3 Å². The number of pyridine rings is 1. The molecule has 0 unspecified atom stereocenters. The first-order chi connectivity index (χ1) is 19.1. The summed E-state index contributed by atoms with van der Waals surface area (Å²) in [5, 5.41) is 15.7. The monoisotopic (exact) mass is 527 g/mol. The average Bonchev–Trinajstić information content (AvgIpc) is 3.44. The number of tetrazole rings is 1. The van der Waals surface area contributed by atoms with Crippen molar-refractivity contribution in [1.82, 2.24) is 35.4 Å². The third-order valence-corrected chi connectivity index (χ3v) is 6.83. The van der Waals surface area contributed by atoms with Crippen molar-refractivity contribution in [3.05, 3.63) is 96.1 Å². The Morgan fingerprint density at radius 3 is 2.44 bits per heavy atom. The van der Waals surface area contributed by atoms with Crippen molar-refractivity contribution in [2.75, 3.05) is 0 Å². The van der Waals surface area contributed by atoms with Gasteiger partial charge in [0.2, 0.25) is 17.6 Å². The second-order valence-corrected chi connectivity index (χ2v) is 9.66. The second-order valence-electron chi connectivity index (χ2n) is 9.66. The van der Waals surface area contributed by atoms with Crippen molar-refractivity contribution >= 4 is 11.8 Å². The van der Waals surface area contributed by atoms with Gasteiger partial charge in [0.05, 0.1) is 5.69 Å². The molecule has 2 heterocycles. The zero-order valence-corrected chi connectivity index (χ0v) is 21.5. The van der Waals surface area contributed by atoms with Crippen LogP contribution in [-0.2, 0) is 22.7 Å². The van der Waals surface area contributed by atoms with E-state index in [0.29, 0.717) is 17.1 Å². The van der Waals surface area contributed by atoms with E-state index in [-0.39, 0.29) is 30.9 Å². The van der Waals surface area contributed by atoms with Gasteiger partial charge in [-0.2, -0.15) is 4.80 Å². The van der Waals surface area contributed by atoms with Crippen LogP contribution in [0.25, 0.3) is 11.4 Å². The number of amides is 2. The van der Waals surface area contributed by atoms with Gasteiger partial charge in [-0.3, -0.25) is 14.6 Å². The molecular weight excluding hydrogens is 497 g/mol. The molecule has 0 spiro atoms. The Morgan fingerprint density at radius 1 is 0.974 bits per heavy atom. The van der Waals surface area contributed by atoms with Crippen molar-refractivity contribution in [2.24, 2.45) is 0 Å². The molecule has 1 aliphatic carbocycles. The molecule has 0 saturated heterocycles. The number of hydrogen-bond acceptors (Lipinski definition) is 6. The fourth-order valence-electron chi connectivity index (χ4n) is 4.84. The number of carbonyl (C=O) groups excluding carboxylic acids is 2. The quantitative estimate of drug-likeness (QED) is 0.351. The fourth-order valence-corrected chi connectivity index (χ4v) is 4.84. The first-order valence-electron chi connectivity index (χ1n) is 13.2. The number of nitrogens with one attached hydrogen (secondary N) is 1. The number of benzene rings is 2. The largest absolute Gasteiger partial charge is 0.351 e. The first-order valence-corrected chi connectivity index (χ1v) is 13.2. The third kappa shape index (κ3) is 6.70. The number of halogens is 1. The van der Waals surface area contributed by atoms with Crippen LogP contribution in [0.2, 0.25) is 0 Å². The molecule has 1 fully saturated rings. The molecule has 39 heavy (non-hydrogen) atoms. The normalized spacial score (nSPS) is 14.5. The van der Waals surface area contributed by atoms with Crippen LogP contribution in [-0.4, -0.2) is 47.9 Å². The van der Waals surface area contributed by atoms with Crippen molar-refractivity contribution < 1.29 is 14.0 Å². The van der Waals surface area contributed by atoms with Crippen molar-refractivity contribution in [3.63, 3.8) is 0 Å². The van der Waals surface area contributed by atoms with E-state index < -0.39 is 11.9 Å². The minimum absolute atomic E-state index is 0.0469. The Labute approximate surface area is 226 Å². The summed E-state index contributed by atoms with van der Waals surface area (Å²) in [5.74, 6) is -0.684. The van der Waals surface area contributed by atoms with Gasteiger partial charge in [0.15, 0.2) is 6.04 Å². The topological polar surface area (TPSA) is 106 Å². The summed E-state index contributed by atoms with van der Waals surface area (Å²) in [6, 6.07) is 19.5. The Kier molecular flexibility index (Phi) is 8.30. The van der Waals surface area contributed by atoms with E-state index in [4.69, 9.17) is 0 Å². The van der Waals surface area contributed by atoms with Gasteiger partial charge in [-0.1, -0.05) is 67.8 Å². The highest BCUT2D eigenvalue weighted by atomic mass is 19.1. The van der Waals surface area contributed by atoms with Crippen molar-refractivity contribution in [3.8, 4) is 11.4 Å². The number of carbonyl (C=O) groups is 2. The molecular formula is C29H30FN7O2. The highest BCUT2D eigenvalue weighted by Crippen LogP contribution is 2.25. The molecule has 2 aromatic carbocycles. The van der Waals surface area contributed by atoms with E-state index in [9.17, 15) is 14.0 Å². The third-order valence-electron chi connectivity index (χ3n) is 6.83. The maximum Gasteiger partial charge on any atom is 0.249 e. The minimum Gasteiger partial charge on any atom is -0.351 e. The van der Waals surface area contributed by atoms with Crippen LogP contribution in [0.5, 0.6) is 0 Å². The van der Waals surface area contributed by atoms with E-state index in [2.05, 4.69) is 25.7 Å². The zero-order valence-electron chi connectivity index (χ0n) is 21.5. The van der Waals surface area contributed by atoms with E-state index >= 15 is 0 Å². The smallest absolute Gasteiger partial charge is 0.249 e. The summed E-state index contributed by atoms with van der Waals surface area (Å²) in [7, 11) is 0. The lowest BCUT2D eigenvalue weighted by Crippen LogP contribution is -2.48. The predicted molar refractivity (Wildman–Crippen MR) is 142 cm³/mol. The van der Waals surface area contributed by atoms with Gasteiger partial charge in [0.1, 0.15) is 12.4 Å². The van der Waals surface area contributed by atoms with Gasteiger partial charge in [0, 0.05) is 24.3 Å². The molecule has 0 aliphatic heterocycles. The molecule has 0 radical (unpaired) electrons. The first kappa shape index (κ1) is 26.1. The van der Waals surface area contributed by atoms with Crippen LogP contribution in [0.15, 0.2) is 79.0 Å². The Hall–Kier alpha value is -4.47. The maximum atomic E-state index is 13.9. The lowest BCUT2D eigenvalue weighted by atomic mass is 9.95. The molecule has 2 aromatic heterocycles. The van der Waals surface area contributed by atoms with E-state index in [0.717, 1.165) is 37.7 Å². The van der Waals surface area contributed by atoms with Crippen LogP contribution in [0.4, 0.5) is 4.39 Å². The molecule has 9 nitrogen and oxygen atoms in total. The van der Waals surface area contributed by atoms with Crippen LogP contribution in [0.1, 0.15) is 49.4 Å². The highest BCUT2D eigenvalue weighted by molar-refractivity contribution is 5.88. The number of hydrogen-bond donors (Lipinski definition) is 1. The average molecular weight is 528 g/mol. The Balaban J connectivity index is 1.45. The lowest BCUT2D eigenvalue weighted by molar-refractivity contribution is -0.143. The van der Waals surface area contributed by atoms with Crippen molar-refractivity contribution in [1.29, 1.82) is 0 Å². The molecule has 10 heteroatoms. The lowest BCUT2D eigenvalue weighted by Gasteiger charge is -2.32. The molecule has 1 saturated carbocycles. The van der Waals surface area contributed by atoms with Crippen LogP contribution < -0.4 is 5.32 Å². The second kappa shape index (κ2) is 12.4. The van der Waals surface area contributed by atoms with Crippen LogP contribution in [0.3, 0.4) is 0 Å². The van der Waals surface area contributed by atoms with Gasteiger partial charge < -0.3 is 10.2 Å². The number of nitrogens with zero attached hydrogens (tertiary/aromatic N) is 6. The van der Waals surface area contributed by atoms with E-state index in [1.807, 2.05) is 30.3 Å². The molecule has 5 rings (SSSR count). The van der Waals surface area contributed by atoms with Gasteiger partial charge in [0.25, 0.3) is 0 Å². The highest BCUT2D eigenvalue weighted by Gasteiger charge is 2.34. The Bertz CT molecular complexity index is 1370. The van der Waals surface area contributed by atoms with Gasteiger partial charge in [-0.05, 0) is 47.9 Å². The Morgan fingerprint density at radius 2 is 1.72 bits per heavy atom. The number of aromatic nitrogens is 5.